The first-order chi connectivity index (χ1) is 7.25. The van der Waals surface area contributed by atoms with Crippen molar-refractivity contribution in [2.45, 2.75) is 38.6 Å². The molecule has 1 atom stereocenters. The highest BCUT2D eigenvalue weighted by atomic mass is 79.9. The molecule has 2 rings (SSSR count). The molecule has 1 saturated carbocycles. The van der Waals surface area contributed by atoms with Gasteiger partial charge in [-0.2, -0.15) is 0 Å². The summed E-state index contributed by atoms with van der Waals surface area (Å²) < 4.78 is 1.14. The zero-order chi connectivity index (χ0) is 10.7. The highest BCUT2D eigenvalue weighted by molar-refractivity contribution is 9.10. The van der Waals surface area contributed by atoms with Crippen molar-refractivity contribution in [3.05, 3.63) is 28.7 Å². The lowest BCUT2D eigenvalue weighted by Crippen LogP contribution is -2.23. The van der Waals surface area contributed by atoms with Gasteiger partial charge >= 0.3 is 0 Å². The molecule has 1 N–H and O–H groups in total. The third-order valence-electron chi connectivity index (χ3n) is 3.33. The summed E-state index contributed by atoms with van der Waals surface area (Å²) in [6.45, 7) is 2.30. The molecule has 1 aliphatic rings. The SMILES string of the molecule is CC(Nc1cccc(Br)c1)C1CCCC1. The Kier molecular flexibility index (Phi) is 3.68. The molecule has 0 bridgehead atoms. The second-order valence-electron chi connectivity index (χ2n) is 4.49. The zero-order valence-electron chi connectivity index (χ0n) is 9.17. The number of hydrogen-bond acceptors (Lipinski definition) is 1. The Balaban J connectivity index is 1.95. The van der Waals surface area contributed by atoms with E-state index < -0.39 is 0 Å². The number of halogens is 1. The number of nitrogens with one attached hydrogen (secondary N) is 1. The Morgan fingerprint density at radius 1 is 1.33 bits per heavy atom. The first-order valence-electron chi connectivity index (χ1n) is 5.78. The number of hydrogen-bond donors (Lipinski definition) is 1. The molecule has 1 fully saturated rings. The fourth-order valence-corrected chi connectivity index (χ4v) is 2.82. The van der Waals surface area contributed by atoms with Crippen LogP contribution >= 0.6 is 15.9 Å². The maximum atomic E-state index is 3.59. The van der Waals surface area contributed by atoms with Gasteiger partial charge in [-0.3, -0.25) is 0 Å². The van der Waals surface area contributed by atoms with Crippen LogP contribution in [0.4, 0.5) is 5.69 Å². The molecule has 82 valence electrons. The lowest BCUT2D eigenvalue weighted by atomic mass is 9.99. The average molecular weight is 268 g/mol. The van der Waals surface area contributed by atoms with Crippen molar-refractivity contribution in [1.29, 1.82) is 0 Å². The summed E-state index contributed by atoms with van der Waals surface area (Å²) in [6, 6.07) is 9.02. The van der Waals surface area contributed by atoms with E-state index in [1.165, 1.54) is 31.4 Å². The van der Waals surface area contributed by atoms with Gasteiger partial charge in [0.15, 0.2) is 0 Å². The second-order valence-corrected chi connectivity index (χ2v) is 5.40. The molecule has 0 spiro atoms. The van der Waals surface area contributed by atoms with Gasteiger partial charge in [-0.15, -0.1) is 0 Å². The normalized spacial score (nSPS) is 19.1. The monoisotopic (exact) mass is 267 g/mol. The van der Waals surface area contributed by atoms with E-state index in [-0.39, 0.29) is 0 Å². The molecule has 0 amide bonds. The van der Waals surface area contributed by atoms with Crippen molar-refractivity contribution in [2.24, 2.45) is 5.92 Å². The van der Waals surface area contributed by atoms with Gasteiger partial charge in [-0.1, -0.05) is 34.8 Å². The highest BCUT2D eigenvalue weighted by Crippen LogP contribution is 2.29. The first kappa shape index (κ1) is 11.0. The van der Waals surface area contributed by atoms with Crippen molar-refractivity contribution < 1.29 is 0 Å². The van der Waals surface area contributed by atoms with Crippen LogP contribution < -0.4 is 5.32 Å². The van der Waals surface area contributed by atoms with E-state index in [2.05, 4.69) is 52.4 Å². The van der Waals surface area contributed by atoms with E-state index in [4.69, 9.17) is 0 Å². The molecule has 2 heteroatoms. The minimum absolute atomic E-state index is 0.599. The molecule has 0 radical (unpaired) electrons. The third kappa shape index (κ3) is 2.97. The summed E-state index contributed by atoms with van der Waals surface area (Å²) >= 11 is 3.50. The zero-order valence-corrected chi connectivity index (χ0v) is 10.8. The van der Waals surface area contributed by atoms with E-state index in [9.17, 15) is 0 Å². The fraction of sp³-hybridized carbons (Fsp3) is 0.538. The van der Waals surface area contributed by atoms with Gasteiger partial charge in [-0.05, 0) is 43.9 Å². The molecule has 0 aromatic heterocycles. The highest BCUT2D eigenvalue weighted by Gasteiger charge is 2.21. The van der Waals surface area contributed by atoms with Crippen molar-refractivity contribution in [3.63, 3.8) is 0 Å². The molecule has 0 saturated heterocycles. The average Bonchev–Trinajstić information content (AvgIpc) is 2.70. The van der Waals surface area contributed by atoms with E-state index in [0.717, 1.165) is 10.4 Å². The molecule has 1 aromatic carbocycles. The number of benzene rings is 1. The van der Waals surface area contributed by atoms with Crippen molar-refractivity contribution >= 4 is 21.6 Å². The molecule has 15 heavy (non-hydrogen) atoms. The maximum Gasteiger partial charge on any atom is 0.0353 e. The quantitative estimate of drug-likeness (QED) is 0.854. The van der Waals surface area contributed by atoms with Crippen LogP contribution in [-0.2, 0) is 0 Å². The lowest BCUT2D eigenvalue weighted by molar-refractivity contribution is 0.482. The number of anilines is 1. The minimum Gasteiger partial charge on any atom is -0.382 e. The van der Waals surface area contributed by atoms with Crippen LogP contribution in [0.2, 0.25) is 0 Å². The van der Waals surface area contributed by atoms with Crippen molar-refractivity contribution in [2.75, 3.05) is 5.32 Å². The first-order valence-corrected chi connectivity index (χ1v) is 6.57. The van der Waals surface area contributed by atoms with Gasteiger partial charge in [0, 0.05) is 16.2 Å². The van der Waals surface area contributed by atoms with Gasteiger partial charge in [-0.25, -0.2) is 0 Å². The Hall–Kier alpha value is -0.500. The molecule has 0 aliphatic heterocycles. The largest absolute Gasteiger partial charge is 0.382 e. The van der Waals surface area contributed by atoms with Gasteiger partial charge in [0.05, 0.1) is 0 Å². The predicted molar refractivity (Wildman–Crippen MR) is 69.2 cm³/mol. The summed E-state index contributed by atoms with van der Waals surface area (Å²) in [5.74, 6) is 0.865. The summed E-state index contributed by atoms with van der Waals surface area (Å²) in [6.07, 6.45) is 5.61. The molecule has 1 nitrogen and oxygen atoms in total. The van der Waals surface area contributed by atoms with E-state index in [1.54, 1.807) is 0 Å². The Morgan fingerprint density at radius 2 is 2.07 bits per heavy atom. The van der Waals surface area contributed by atoms with E-state index >= 15 is 0 Å². The molecule has 1 aliphatic carbocycles. The summed E-state index contributed by atoms with van der Waals surface area (Å²) in [4.78, 5) is 0. The standard InChI is InChI=1S/C13H18BrN/c1-10(11-5-2-3-6-11)15-13-8-4-7-12(14)9-13/h4,7-11,15H,2-3,5-6H2,1H3. The van der Waals surface area contributed by atoms with Gasteiger partial charge in [0.1, 0.15) is 0 Å². The smallest absolute Gasteiger partial charge is 0.0353 e. The Bertz CT molecular complexity index is 318. The van der Waals surface area contributed by atoms with Crippen LogP contribution in [0.3, 0.4) is 0 Å². The second kappa shape index (κ2) is 5.02. The summed E-state index contributed by atoms with van der Waals surface area (Å²) in [5, 5.41) is 3.59. The van der Waals surface area contributed by atoms with Crippen LogP contribution in [0, 0.1) is 5.92 Å². The maximum absolute atomic E-state index is 3.59. The van der Waals surface area contributed by atoms with Gasteiger partial charge in [0.25, 0.3) is 0 Å². The molecule has 1 aromatic rings. The molecular weight excluding hydrogens is 250 g/mol. The van der Waals surface area contributed by atoms with E-state index in [1.807, 2.05) is 0 Å². The van der Waals surface area contributed by atoms with Crippen molar-refractivity contribution in [3.8, 4) is 0 Å². The van der Waals surface area contributed by atoms with Gasteiger partial charge in [0.2, 0.25) is 0 Å². The number of rotatable bonds is 3. The minimum atomic E-state index is 0.599. The Morgan fingerprint density at radius 3 is 2.73 bits per heavy atom. The van der Waals surface area contributed by atoms with Crippen LogP contribution in [0.25, 0.3) is 0 Å². The molecule has 1 unspecified atom stereocenters. The summed E-state index contributed by atoms with van der Waals surface area (Å²) in [5.41, 5.74) is 1.23. The van der Waals surface area contributed by atoms with Gasteiger partial charge < -0.3 is 5.32 Å². The van der Waals surface area contributed by atoms with Crippen molar-refractivity contribution in [1.82, 2.24) is 0 Å². The summed E-state index contributed by atoms with van der Waals surface area (Å²) in [7, 11) is 0. The molecule has 0 heterocycles. The van der Waals surface area contributed by atoms with Crippen LogP contribution in [-0.4, -0.2) is 6.04 Å². The predicted octanol–water partition coefficient (Wildman–Crippen LogP) is 4.44. The van der Waals surface area contributed by atoms with Crippen LogP contribution in [0.5, 0.6) is 0 Å². The van der Waals surface area contributed by atoms with Crippen LogP contribution in [0.1, 0.15) is 32.6 Å². The topological polar surface area (TPSA) is 12.0 Å². The molecular formula is C13H18BrN. The Labute approximate surface area is 100 Å². The van der Waals surface area contributed by atoms with E-state index in [0.29, 0.717) is 6.04 Å². The third-order valence-corrected chi connectivity index (χ3v) is 3.82. The fourth-order valence-electron chi connectivity index (χ4n) is 2.42. The lowest BCUT2D eigenvalue weighted by Gasteiger charge is -2.21. The van der Waals surface area contributed by atoms with Crippen LogP contribution in [0.15, 0.2) is 28.7 Å².